The lowest BCUT2D eigenvalue weighted by molar-refractivity contribution is -0.146. The zero-order valence-corrected chi connectivity index (χ0v) is 11.6. The zero-order chi connectivity index (χ0) is 14.8. The van der Waals surface area contributed by atoms with Crippen molar-refractivity contribution >= 4 is 11.9 Å². The van der Waals surface area contributed by atoms with E-state index in [0.29, 0.717) is 13.2 Å². The maximum atomic E-state index is 11.4. The fourth-order valence-electron chi connectivity index (χ4n) is 1.49. The summed E-state index contributed by atoms with van der Waals surface area (Å²) in [5.41, 5.74) is 0. The number of rotatable bonds is 8. The van der Waals surface area contributed by atoms with E-state index in [9.17, 15) is 9.59 Å². The zero-order valence-electron chi connectivity index (χ0n) is 11.6. The molecule has 6 nitrogen and oxygen atoms in total. The van der Waals surface area contributed by atoms with E-state index in [1.807, 2.05) is 30.3 Å². The third-order valence-corrected chi connectivity index (χ3v) is 2.39. The molecule has 0 heterocycles. The topological polar surface area (TPSA) is 73.9 Å². The largest absolute Gasteiger partial charge is 0.491 e. The highest BCUT2D eigenvalue weighted by atomic mass is 16.5. The van der Waals surface area contributed by atoms with Crippen LogP contribution < -0.4 is 10.1 Å². The Bertz CT molecular complexity index is 421. The Balaban J connectivity index is 2.23. The van der Waals surface area contributed by atoms with Crippen LogP contribution in [-0.4, -0.2) is 44.8 Å². The molecular weight excluding hydrogens is 262 g/mol. The van der Waals surface area contributed by atoms with Gasteiger partial charge in [0.1, 0.15) is 12.4 Å². The van der Waals surface area contributed by atoms with Crippen LogP contribution in [0.2, 0.25) is 0 Å². The number of amides is 1. The van der Waals surface area contributed by atoms with Gasteiger partial charge in [0.2, 0.25) is 5.91 Å². The second-order valence-electron chi connectivity index (χ2n) is 4.01. The molecule has 0 fully saturated rings. The number of carbonyl (C=O) groups excluding carboxylic acids is 2. The van der Waals surface area contributed by atoms with Crippen molar-refractivity contribution in [2.45, 2.75) is 13.0 Å². The summed E-state index contributed by atoms with van der Waals surface area (Å²) in [6, 6.07) is 8.54. The molecule has 0 radical (unpaired) electrons. The highest BCUT2D eigenvalue weighted by Gasteiger charge is 2.19. The third-order valence-electron chi connectivity index (χ3n) is 2.39. The second kappa shape index (κ2) is 8.92. The molecule has 0 aromatic heterocycles. The number of para-hydroxylation sites is 1. The molecule has 20 heavy (non-hydrogen) atoms. The number of hydrogen-bond donors (Lipinski definition) is 1. The number of benzene rings is 1. The van der Waals surface area contributed by atoms with Crippen LogP contribution in [0, 0.1) is 0 Å². The number of ether oxygens (including phenoxy) is 3. The van der Waals surface area contributed by atoms with Crippen LogP contribution >= 0.6 is 0 Å². The average molecular weight is 281 g/mol. The van der Waals surface area contributed by atoms with Crippen LogP contribution in [0.5, 0.6) is 5.75 Å². The summed E-state index contributed by atoms with van der Waals surface area (Å²) in [6.45, 7) is 2.04. The van der Waals surface area contributed by atoms with E-state index in [2.05, 4.69) is 10.1 Å². The molecular formula is C14H19NO5. The first-order valence-corrected chi connectivity index (χ1v) is 6.24. The maximum absolute atomic E-state index is 11.4. The molecule has 0 bridgehead atoms. The lowest BCUT2D eigenvalue weighted by Crippen LogP contribution is -2.44. The number of esters is 1. The number of methoxy groups -OCH3 is 1. The van der Waals surface area contributed by atoms with E-state index in [1.165, 1.54) is 14.0 Å². The summed E-state index contributed by atoms with van der Waals surface area (Å²) in [6.07, 6.45) is 0. The Morgan fingerprint density at radius 1 is 1.20 bits per heavy atom. The summed E-state index contributed by atoms with van der Waals surface area (Å²) in [4.78, 5) is 22.3. The minimum absolute atomic E-state index is 0.0460. The van der Waals surface area contributed by atoms with Crippen LogP contribution in [0.4, 0.5) is 0 Å². The molecule has 1 atom stereocenters. The molecule has 0 saturated carbocycles. The van der Waals surface area contributed by atoms with Crippen molar-refractivity contribution in [3.63, 3.8) is 0 Å². The van der Waals surface area contributed by atoms with Gasteiger partial charge in [-0.05, 0) is 12.1 Å². The predicted molar refractivity (Wildman–Crippen MR) is 72.4 cm³/mol. The van der Waals surface area contributed by atoms with Gasteiger partial charge in [-0.15, -0.1) is 0 Å². The Morgan fingerprint density at radius 3 is 2.50 bits per heavy atom. The van der Waals surface area contributed by atoms with E-state index in [-0.39, 0.29) is 12.5 Å². The second-order valence-corrected chi connectivity index (χ2v) is 4.01. The normalized spacial score (nSPS) is 11.5. The first-order chi connectivity index (χ1) is 9.63. The van der Waals surface area contributed by atoms with Gasteiger partial charge < -0.3 is 19.5 Å². The standard InChI is InChI=1S/C14H19NO5/c1-11(16)15-13(14(17)18-2)10-19-8-9-20-12-6-4-3-5-7-12/h3-7,13H,8-10H2,1-2H3,(H,15,16). The first kappa shape index (κ1) is 16.0. The molecule has 0 spiro atoms. The quantitative estimate of drug-likeness (QED) is 0.562. The smallest absolute Gasteiger partial charge is 0.330 e. The number of hydrogen-bond acceptors (Lipinski definition) is 5. The molecule has 1 amide bonds. The molecule has 1 rings (SSSR count). The van der Waals surface area contributed by atoms with Gasteiger partial charge >= 0.3 is 5.97 Å². The summed E-state index contributed by atoms with van der Waals surface area (Å²) in [7, 11) is 1.26. The molecule has 110 valence electrons. The summed E-state index contributed by atoms with van der Waals surface area (Å²) in [5.74, 6) is -0.101. The van der Waals surface area contributed by atoms with Crippen molar-refractivity contribution in [2.75, 3.05) is 26.9 Å². The van der Waals surface area contributed by atoms with E-state index in [0.717, 1.165) is 5.75 Å². The average Bonchev–Trinajstić information content (AvgIpc) is 2.45. The van der Waals surface area contributed by atoms with Crippen molar-refractivity contribution in [1.82, 2.24) is 5.32 Å². The van der Waals surface area contributed by atoms with Gasteiger partial charge in [0.05, 0.1) is 20.3 Å². The fraction of sp³-hybridized carbons (Fsp3) is 0.429. The Labute approximate surface area is 118 Å². The van der Waals surface area contributed by atoms with Crippen LogP contribution in [0.25, 0.3) is 0 Å². The minimum Gasteiger partial charge on any atom is -0.491 e. The van der Waals surface area contributed by atoms with Crippen molar-refractivity contribution in [2.24, 2.45) is 0 Å². The highest BCUT2D eigenvalue weighted by Crippen LogP contribution is 2.07. The molecule has 1 aromatic carbocycles. The summed E-state index contributed by atoms with van der Waals surface area (Å²) < 4.78 is 15.3. The first-order valence-electron chi connectivity index (χ1n) is 6.24. The predicted octanol–water partition coefficient (Wildman–Crippen LogP) is 0.760. The SMILES string of the molecule is COC(=O)C(COCCOc1ccccc1)NC(C)=O. The van der Waals surface area contributed by atoms with Crippen molar-refractivity contribution in [1.29, 1.82) is 0 Å². The molecule has 0 aliphatic heterocycles. The molecule has 1 unspecified atom stereocenters. The Morgan fingerprint density at radius 2 is 1.90 bits per heavy atom. The van der Waals surface area contributed by atoms with Crippen molar-refractivity contribution in [3.05, 3.63) is 30.3 Å². The molecule has 1 aromatic rings. The van der Waals surface area contributed by atoms with Crippen molar-refractivity contribution < 1.29 is 23.8 Å². The lowest BCUT2D eigenvalue weighted by atomic mass is 10.3. The van der Waals surface area contributed by atoms with Crippen LogP contribution in [0.3, 0.4) is 0 Å². The van der Waals surface area contributed by atoms with Crippen LogP contribution in [0.15, 0.2) is 30.3 Å². The third kappa shape index (κ3) is 6.19. The van der Waals surface area contributed by atoms with E-state index < -0.39 is 12.0 Å². The lowest BCUT2D eigenvalue weighted by Gasteiger charge is -2.15. The van der Waals surface area contributed by atoms with Crippen LogP contribution in [-0.2, 0) is 19.1 Å². The van der Waals surface area contributed by atoms with Gasteiger partial charge in [-0.3, -0.25) is 4.79 Å². The fourth-order valence-corrected chi connectivity index (χ4v) is 1.49. The van der Waals surface area contributed by atoms with E-state index in [1.54, 1.807) is 0 Å². The molecule has 0 aliphatic rings. The Hall–Kier alpha value is -2.08. The van der Waals surface area contributed by atoms with Crippen molar-refractivity contribution in [3.8, 4) is 5.75 Å². The maximum Gasteiger partial charge on any atom is 0.330 e. The number of nitrogens with one attached hydrogen (secondary N) is 1. The molecule has 0 saturated heterocycles. The van der Waals surface area contributed by atoms with Gasteiger partial charge in [0.15, 0.2) is 6.04 Å². The monoisotopic (exact) mass is 281 g/mol. The molecule has 6 heteroatoms. The summed E-state index contributed by atoms with van der Waals surface area (Å²) in [5, 5.41) is 2.46. The van der Waals surface area contributed by atoms with E-state index >= 15 is 0 Å². The van der Waals surface area contributed by atoms with Gasteiger partial charge in [-0.25, -0.2) is 4.79 Å². The van der Waals surface area contributed by atoms with E-state index in [4.69, 9.17) is 9.47 Å². The van der Waals surface area contributed by atoms with Gasteiger partial charge in [0, 0.05) is 6.92 Å². The molecule has 1 N–H and O–H groups in total. The van der Waals surface area contributed by atoms with Gasteiger partial charge in [0.25, 0.3) is 0 Å². The minimum atomic E-state index is -0.797. The molecule has 0 aliphatic carbocycles. The Kier molecular flexibility index (Phi) is 7.13. The number of carbonyl (C=O) groups is 2. The summed E-state index contributed by atoms with van der Waals surface area (Å²) >= 11 is 0. The van der Waals surface area contributed by atoms with Gasteiger partial charge in [-0.2, -0.15) is 0 Å². The highest BCUT2D eigenvalue weighted by molar-refractivity contribution is 5.83. The van der Waals surface area contributed by atoms with Gasteiger partial charge in [-0.1, -0.05) is 18.2 Å². The van der Waals surface area contributed by atoms with Crippen LogP contribution in [0.1, 0.15) is 6.92 Å².